The van der Waals surface area contributed by atoms with Gasteiger partial charge in [-0.25, -0.2) is 13.9 Å². The largest absolute Gasteiger partial charge is 0.492 e. The smallest absolute Gasteiger partial charge is 0.352 e. The predicted octanol–water partition coefficient (Wildman–Crippen LogP) is 2.61. The summed E-state index contributed by atoms with van der Waals surface area (Å²) in [4.78, 5) is 25.8. The lowest BCUT2D eigenvalue weighted by atomic mass is 10.2. The van der Waals surface area contributed by atoms with Gasteiger partial charge in [-0.15, -0.1) is 16.4 Å². The SMILES string of the molecule is CC(C)Cn1c(=O)c2sccc2n2c(=O)n(CCOc3ccccc3)nc12. The maximum atomic E-state index is 12.9. The van der Waals surface area contributed by atoms with Gasteiger partial charge in [0, 0.05) is 6.54 Å². The second-order valence-electron chi connectivity index (χ2n) is 6.75. The number of rotatable bonds is 6. The van der Waals surface area contributed by atoms with Gasteiger partial charge >= 0.3 is 5.69 Å². The van der Waals surface area contributed by atoms with Gasteiger partial charge in [-0.3, -0.25) is 9.36 Å². The van der Waals surface area contributed by atoms with Crippen molar-refractivity contribution in [1.82, 2.24) is 18.7 Å². The van der Waals surface area contributed by atoms with Crippen molar-refractivity contribution in [2.24, 2.45) is 5.92 Å². The Hall–Kier alpha value is -2.87. The van der Waals surface area contributed by atoms with Gasteiger partial charge in [0.1, 0.15) is 17.1 Å². The third kappa shape index (κ3) is 3.16. The third-order valence-corrected chi connectivity index (χ3v) is 5.14. The molecule has 27 heavy (non-hydrogen) atoms. The molecule has 0 saturated carbocycles. The van der Waals surface area contributed by atoms with Crippen molar-refractivity contribution in [1.29, 1.82) is 0 Å². The van der Waals surface area contributed by atoms with Crippen LogP contribution in [0.2, 0.25) is 0 Å². The standard InChI is InChI=1S/C19H20N4O3S/c1-13(2)12-21-17(24)16-15(8-11-27-16)23-18(21)20-22(19(23)25)9-10-26-14-6-4-3-5-7-14/h3-8,11,13H,9-10,12H2,1-2H3. The molecule has 0 fully saturated rings. The molecular formula is C19H20N4O3S. The molecule has 0 bridgehead atoms. The van der Waals surface area contributed by atoms with Gasteiger partial charge in [0.2, 0.25) is 5.78 Å². The molecule has 1 aromatic carbocycles. The summed E-state index contributed by atoms with van der Waals surface area (Å²) in [5, 5.41) is 6.27. The van der Waals surface area contributed by atoms with Crippen LogP contribution in [-0.4, -0.2) is 25.4 Å². The number of thiophene rings is 1. The van der Waals surface area contributed by atoms with E-state index in [9.17, 15) is 9.59 Å². The third-order valence-electron chi connectivity index (χ3n) is 4.25. The molecule has 0 N–H and O–H groups in total. The van der Waals surface area contributed by atoms with Crippen LogP contribution in [0.25, 0.3) is 16.0 Å². The number of nitrogens with zero attached hydrogens (tertiary/aromatic N) is 4. The van der Waals surface area contributed by atoms with Gasteiger partial charge in [0.15, 0.2) is 0 Å². The summed E-state index contributed by atoms with van der Waals surface area (Å²) in [7, 11) is 0. The minimum Gasteiger partial charge on any atom is -0.492 e. The highest BCUT2D eigenvalue weighted by Crippen LogP contribution is 2.17. The average molecular weight is 384 g/mol. The highest BCUT2D eigenvalue weighted by Gasteiger charge is 2.18. The number of aromatic nitrogens is 4. The van der Waals surface area contributed by atoms with Crippen LogP contribution < -0.4 is 16.0 Å². The molecule has 7 nitrogen and oxygen atoms in total. The summed E-state index contributed by atoms with van der Waals surface area (Å²) in [5.41, 5.74) is 0.252. The first-order valence-corrected chi connectivity index (χ1v) is 9.71. The van der Waals surface area contributed by atoms with Crippen molar-refractivity contribution < 1.29 is 4.74 Å². The maximum Gasteiger partial charge on any atom is 0.352 e. The van der Waals surface area contributed by atoms with Crippen molar-refractivity contribution in [2.45, 2.75) is 26.9 Å². The van der Waals surface area contributed by atoms with E-state index in [2.05, 4.69) is 5.10 Å². The summed E-state index contributed by atoms with van der Waals surface area (Å²) in [5.74, 6) is 1.38. The molecule has 0 atom stereocenters. The summed E-state index contributed by atoms with van der Waals surface area (Å²) in [6, 6.07) is 11.2. The number of hydrogen-bond donors (Lipinski definition) is 0. The Balaban J connectivity index is 1.76. The molecular weight excluding hydrogens is 364 g/mol. The van der Waals surface area contributed by atoms with E-state index in [-0.39, 0.29) is 17.2 Å². The zero-order valence-corrected chi connectivity index (χ0v) is 16.0. The van der Waals surface area contributed by atoms with Gasteiger partial charge in [0.05, 0.1) is 12.1 Å². The molecule has 0 aliphatic carbocycles. The van der Waals surface area contributed by atoms with Crippen molar-refractivity contribution in [2.75, 3.05) is 6.61 Å². The van der Waals surface area contributed by atoms with Crippen LogP contribution in [0.5, 0.6) is 5.75 Å². The lowest BCUT2D eigenvalue weighted by Gasteiger charge is -2.09. The van der Waals surface area contributed by atoms with E-state index in [0.717, 1.165) is 5.75 Å². The van der Waals surface area contributed by atoms with Crippen molar-refractivity contribution in [3.8, 4) is 5.75 Å². The molecule has 0 amide bonds. The summed E-state index contributed by atoms with van der Waals surface area (Å²) >= 11 is 1.35. The van der Waals surface area contributed by atoms with Crippen LogP contribution in [0.3, 0.4) is 0 Å². The number of para-hydroxylation sites is 1. The molecule has 0 spiro atoms. The number of hydrogen-bond acceptors (Lipinski definition) is 5. The van der Waals surface area contributed by atoms with Crippen LogP contribution in [0.1, 0.15) is 13.8 Å². The Morgan fingerprint density at radius 2 is 1.93 bits per heavy atom. The van der Waals surface area contributed by atoms with E-state index in [4.69, 9.17) is 4.74 Å². The van der Waals surface area contributed by atoms with E-state index < -0.39 is 0 Å². The normalized spacial score (nSPS) is 11.7. The van der Waals surface area contributed by atoms with E-state index in [0.29, 0.717) is 35.7 Å². The first-order chi connectivity index (χ1) is 13.1. The van der Waals surface area contributed by atoms with Gasteiger partial charge in [-0.05, 0) is 29.5 Å². The highest BCUT2D eigenvalue weighted by atomic mass is 32.1. The zero-order chi connectivity index (χ0) is 19.0. The van der Waals surface area contributed by atoms with Crippen LogP contribution in [-0.2, 0) is 13.1 Å². The second-order valence-corrected chi connectivity index (χ2v) is 7.66. The Bertz CT molecular complexity index is 1200. The predicted molar refractivity (Wildman–Crippen MR) is 106 cm³/mol. The van der Waals surface area contributed by atoms with E-state index in [1.165, 1.54) is 20.4 Å². The molecule has 3 aromatic heterocycles. The van der Waals surface area contributed by atoms with Gasteiger partial charge in [0.25, 0.3) is 5.56 Å². The molecule has 3 heterocycles. The van der Waals surface area contributed by atoms with Crippen molar-refractivity contribution >= 4 is 27.3 Å². The van der Waals surface area contributed by atoms with Crippen LogP contribution >= 0.6 is 11.3 Å². The van der Waals surface area contributed by atoms with Gasteiger partial charge in [-0.2, -0.15) is 0 Å². The Kier molecular flexibility index (Phi) is 4.57. The number of benzene rings is 1. The minimum atomic E-state index is -0.262. The van der Waals surface area contributed by atoms with Crippen molar-refractivity contribution in [3.05, 3.63) is 62.6 Å². The molecule has 140 valence electrons. The Labute approximate surface area is 159 Å². The zero-order valence-electron chi connectivity index (χ0n) is 15.2. The first-order valence-electron chi connectivity index (χ1n) is 8.83. The topological polar surface area (TPSA) is 70.5 Å². The molecule has 0 saturated heterocycles. The fraction of sp³-hybridized carbons (Fsp3) is 0.316. The summed E-state index contributed by atoms with van der Waals surface area (Å²) < 4.78 is 10.7. The average Bonchev–Trinajstić information content (AvgIpc) is 3.25. The lowest BCUT2D eigenvalue weighted by molar-refractivity contribution is 0.289. The molecule has 8 heteroatoms. The number of ether oxygens (including phenoxy) is 1. The van der Waals surface area contributed by atoms with Gasteiger partial charge in [-0.1, -0.05) is 32.0 Å². The highest BCUT2D eigenvalue weighted by molar-refractivity contribution is 7.17. The molecule has 0 radical (unpaired) electrons. The first kappa shape index (κ1) is 17.5. The lowest BCUT2D eigenvalue weighted by Crippen LogP contribution is -2.27. The fourth-order valence-electron chi connectivity index (χ4n) is 3.08. The molecule has 0 aliphatic rings. The van der Waals surface area contributed by atoms with E-state index >= 15 is 0 Å². The Morgan fingerprint density at radius 1 is 1.15 bits per heavy atom. The quantitative estimate of drug-likeness (QED) is 0.512. The minimum absolute atomic E-state index is 0.0983. The van der Waals surface area contributed by atoms with Gasteiger partial charge < -0.3 is 4.74 Å². The monoisotopic (exact) mass is 384 g/mol. The molecule has 0 aliphatic heterocycles. The molecule has 4 aromatic rings. The van der Waals surface area contributed by atoms with E-state index in [1.807, 2.05) is 49.6 Å². The van der Waals surface area contributed by atoms with Crippen molar-refractivity contribution in [3.63, 3.8) is 0 Å². The second kappa shape index (κ2) is 7.03. The summed E-state index contributed by atoms with van der Waals surface area (Å²) in [6.07, 6.45) is 0. The molecule has 0 unspecified atom stereocenters. The fourth-order valence-corrected chi connectivity index (χ4v) is 3.90. The Morgan fingerprint density at radius 3 is 2.67 bits per heavy atom. The number of fused-ring (bicyclic) bond motifs is 3. The van der Waals surface area contributed by atoms with Crippen LogP contribution in [0, 0.1) is 5.92 Å². The van der Waals surface area contributed by atoms with Crippen LogP contribution in [0.4, 0.5) is 0 Å². The molecule has 4 rings (SSSR count). The maximum absolute atomic E-state index is 12.9. The van der Waals surface area contributed by atoms with E-state index in [1.54, 1.807) is 10.6 Å². The summed E-state index contributed by atoms with van der Waals surface area (Å²) in [6.45, 7) is 5.19. The van der Waals surface area contributed by atoms with Crippen LogP contribution in [0.15, 0.2) is 51.4 Å².